The molecule has 3 aromatic heterocycles. The van der Waals surface area contributed by atoms with Gasteiger partial charge in [-0.25, -0.2) is 0 Å². The van der Waals surface area contributed by atoms with Crippen molar-refractivity contribution in [2.45, 2.75) is 46.6 Å². The van der Waals surface area contributed by atoms with Crippen LogP contribution in [0.3, 0.4) is 0 Å². The summed E-state index contributed by atoms with van der Waals surface area (Å²) in [6, 6.07) is 5.08. The third-order valence-corrected chi connectivity index (χ3v) is 5.50. The molecule has 0 aliphatic rings. The Morgan fingerprint density at radius 2 is 2.03 bits per heavy atom. The van der Waals surface area contributed by atoms with Crippen molar-refractivity contribution in [3.05, 3.63) is 51.8 Å². The third kappa shape index (κ3) is 5.14. The summed E-state index contributed by atoms with van der Waals surface area (Å²) in [5.74, 6) is 0.565. The van der Waals surface area contributed by atoms with E-state index in [1.54, 1.807) is 29.8 Å². The van der Waals surface area contributed by atoms with Gasteiger partial charge < -0.3 is 9.84 Å². The largest absolute Gasteiger partial charge is 0.344 e. The number of thiophene rings is 1. The Kier molecular flexibility index (Phi) is 6.53. The molecule has 1 atom stereocenters. The quantitative estimate of drug-likeness (QED) is 0.554. The summed E-state index contributed by atoms with van der Waals surface area (Å²) in [5.41, 5.74) is 1.45. The summed E-state index contributed by atoms with van der Waals surface area (Å²) in [4.78, 5) is 35.4. The zero-order valence-corrected chi connectivity index (χ0v) is 17.7. The minimum Gasteiger partial charge on any atom is -0.344 e. The van der Waals surface area contributed by atoms with E-state index in [1.165, 1.54) is 0 Å². The van der Waals surface area contributed by atoms with E-state index in [0.29, 0.717) is 17.3 Å². The molecular formula is C21H24N4O3S. The Labute approximate surface area is 173 Å². The van der Waals surface area contributed by atoms with Gasteiger partial charge in [-0.3, -0.25) is 14.6 Å². The molecule has 0 saturated heterocycles. The predicted molar refractivity (Wildman–Crippen MR) is 111 cm³/mol. The van der Waals surface area contributed by atoms with E-state index >= 15 is 0 Å². The van der Waals surface area contributed by atoms with E-state index in [0.717, 1.165) is 15.3 Å². The maximum absolute atomic E-state index is 12.5. The fourth-order valence-corrected chi connectivity index (χ4v) is 3.94. The molecule has 0 bridgehead atoms. The molecule has 0 saturated carbocycles. The highest BCUT2D eigenvalue weighted by molar-refractivity contribution is 7.12. The first-order chi connectivity index (χ1) is 13.8. The molecule has 29 heavy (non-hydrogen) atoms. The molecule has 1 amide bonds. The van der Waals surface area contributed by atoms with Gasteiger partial charge in [0.05, 0.1) is 0 Å². The summed E-state index contributed by atoms with van der Waals surface area (Å²) >= 11 is 1.59. The Hall–Kier alpha value is -2.87. The summed E-state index contributed by atoms with van der Waals surface area (Å²) in [6.07, 6.45) is 3.59. The number of nitrogens with one attached hydrogen (secondary N) is 1. The molecule has 3 aromatic rings. The van der Waals surface area contributed by atoms with Crippen LogP contribution in [-0.2, 0) is 4.79 Å². The first kappa shape index (κ1) is 20.9. The van der Waals surface area contributed by atoms with E-state index < -0.39 is 6.04 Å². The number of rotatable bonds is 8. The molecule has 3 heterocycles. The number of aryl methyl sites for hydroxylation is 2. The lowest BCUT2D eigenvalue weighted by Gasteiger charge is -2.18. The van der Waals surface area contributed by atoms with E-state index in [2.05, 4.69) is 20.4 Å². The van der Waals surface area contributed by atoms with Gasteiger partial charge in [0.25, 0.3) is 0 Å². The first-order valence-corrected chi connectivity index (χ1v) is 10.3. The zero-order valence-electron chi connectivity index (χ0n) is 16.9. The zero-order chi connectivity index (χ0) is 21.0. The molecule has 1 N–H and O–H groups in total. The monoisotopic (exact) mass is 412 g/mol. The highest BCUT2D eigenvalue weighted by atomic mass is 32.1. The average molecular weight is 413 g/mol. The Morgan fingerprint density at radius 1 is 1.24 bits per heavy atom. The van der Waals surface area contributed by atoms with Crippen molar-refractivity contribution >= 4 is 23.0 Å². The molecule has 0 aromatic carbocycles. The highest BCUT2D eigenvalue weighted by Gasteiger charge is 2.25. The van der Waals surface area contributed by atoms with Crippen LogP contribution in [0.4, 0.5) is 0 Å². The van der Waals surface area contributed by atoms with Gasteiger partial charge in [0.2, 0.25) is 17.6 Å². The number of carbonyl (C=O) groups is 2. The number of pyridine rings is 1. The van der Waals surface area contributed by atoms with Crippen molar-refractivity contribution in [3.8, 4) is 11.4 Å². The van der Waals surface area contributed by atoms with Crippen molar-refractivity contribution < 1.29 is 14.1 Å². The number of nitrogens with zero attached hydrogens (tertiary/aromatic N) is 3. The SMILES string of the molecule is Cc1cc(C(=O)CCC(=O)NC(c2nc(-c3cccnc3)no2)C(C)C)c(C)s1. The molecule has 0 aliphatic heterocycles. The van der Waals surface area contributed by atoms with Crippen molar-refractivity contribution in [1.29, 1.82) is 0 Å². The number of aromatic nitrogens is 3. The van der Waals surface area contributed by atoms with Crippen LogP contribution < -0.4 is 5.32 Å². The number of carbonyl (C=O) groups excluding carboxylic acids is 2. The highest BCUT2D eigenvalue weighted by Crippen LogP contribution is 2.24. The number of amides is 1. The lowest BCUT2D eigenvalue weighted by atomic mass is 10.0. The smallest absolute Gasteiger partial charge is 0.249 e. The molecule has 0 spiro atoms. The first-order valence-electron chi connectivity index (χ1n) is 9.48. The molecule has 1 unspecified atom stereocenters. The molecule has 7 nitrogen and oxygen atoms in total. The molecule has 8 heteroatoms. The van der Waals surface area contributed by atoms with E-state index in [9.17, 15) is 9.59 Å². The molecule has 0 fully saturated rings. The molecular weight excluding hydrogens is 388 g/mol. The summed E-state index contributed by atoms with van der Waals surface area (Å²) in [7, 11) is 0. The van der Waals surface area contributed by atoms with Crippen LogP contribution in [0.1, 0.15) is 58.7 Å². The maximum Gasteiger partial charge on any atom is 0.249 e. The Balaban J connectivity index is 1.63. The predicted octanol–water partition coefficient (Wildman–Crippen LogP) is 4.29. The van der Waals surface area contributed by atoms with Crippen molar-refractivity contribution in [2.24, 2.45) is 5.92 Å². The van der Waals surface area contributed by atoms with Gasteiger partial charge in [-0.1, -0.05) is 19.0 Å². The minimum absolute atomic E-state index is 0.0141. The van der Waals surface area contributed by atoms with Gasteiger partial charge in [0, 0.05) is 46.1 Å². The third-order valence-electron chi connectivity index (χ3n) is 4.53. The van der Waals surface area contributed by atoms with Crippen molar-refractivity contribution in [3.63, 3.8) is 0 Å². The lowest BCUT2D eigenvalue weighted by molar-refractivity contribution is -0.122. The van der Waals surface area contributed by atoms with Crippen LogP contribution in [0.2, 0.25) is 0 Å². The summed E-state index contributed by atoms with van der Waals surface area (Å²) in [5, 5.41) is 6.92. The molecule has 152 valence electrons. The van der Waals surface area contributed by atoms with Crippen molar-refractivity contribution in [1.82, 2.24) is 20.4 Å². The number of hydrogen-bond acceptors (Lipinski definition) is 7. The maximum atomic E-state index is 12.5. The molecule has 0 aliphatic carbocycles. The van der Waals surface area contributed by atoms with Gasteiger partial charge in [-0.15, -0.1) is 11.3 Å². The van der Waals surface area contributed by atoms with Crippen LogP contribution in [-0.4, -0.2) is 26.8 Å². The lowest BCUT2D eigenvalue weighted by Crippen LogP contribution is -2.32. The molecule has 0 radical (unpaired) electrons. The van der Waals surface area contributed by atoms with Crippen LogP contribution in [0.25, 0.3) is 11.4 Å². The summed E-state index contributed by atoms with van der Waals surface area (Å²) < 4.78 is 5.39. The van der Waals surface area contributed by atoms with Crippen molar-refractivity contribution in [2.75, 3.05) is 0 Å². The average Bonchev–Trinajstić information content (AvgIpc) is 3.31. The van der Waals surface area contributed by atoms with E-state index in [4.69, 9.17) is 4.52 Å². The Bertz CT molecular complexity index is 995. The van der Waals surface area contributed by atoms with E-state index in [-0.39, 0.29) is 30.4 Å². The topological polar surface area (TPSA) is 98.0 Å². The summed E-state index contributed by atoms with van der Waals surface area (Å²) in [6.45, 7) is 7.82. The Morgan fingerprint density at radius 3 is 2.66 bits per heavy atom. The number of Topliss-reactive ketones (excluding diaryl/α,β-unsaturated/α-hetero) is 1. The standard InChI is InChI=1S/C21H24N4O3S/c1-12(2)19(21-24-20(25-28-21)15-6-5-9-22-11-15)23-18(27)8-7-17(26)16-10-13(3)29-14(16)4/h5-6,9-12,19H,7-8H2,1-4H3,(H,23,27). The second kappa shape index (κ2) is 9.09. The van der Waals surface area contributed by atoms with Crippen LogP contribution in [0.5, 0.6) is 0 Å². The normalized spacial score (nSPS) is 12.2. The van der Waals surface area contributed by atoms with Crippen LogP contribution in [0.15, 0.2) is 35.1 Å². The fourth-order valence-electron chi connectivity index (χ4n) is 3.00. The second-order valence-electron chi connectivity index (χ2n) is 7.24. The fraction of sp³-hybridized carbons (Fsp3) is 0.381. The second-order valence-corrected chi connectivity index (χ2v) is 8.70. The van der Waals surface area contributed by atoms with Gasteiger partial charge in [0.1, 0.15) is 6.04 Å². The number of hydrogen-bond donors (Lipinski definition) is 1. The van der Waals surface area contributed by atoms with Gasteiger partial charge in [-0.2, -0.15) is 4.98 Å². The van der Waals surface area contributed by atoms with Gasteiger partial charge in [-0.05, 0) is 38.0 Å². The van der Waals surface area contributed by atoms with Gasteiger partial charge >= 0.3 is 0 Å². The van der Waals surface area contributed by atoms with Crippen LogP contribution >= 0.6 is 11.3 Å². The van der Waals surface area contributed by atoms with E-state index in [1.807, 2.05) is 39.8 Å². The minimum atomic E-state index is -0.430. The molecule has 3 rings (SSSR count). The van der Waals surface area contributed by atoms with Crippen LogP contribution in [0, 0.1) is 19.8 Å². The van der Waals surface area contributed by atoms with Gasteiger partial charge in [0.15, 0.2) is 5.78 Å². The number of ketones is 1.